The number of para-hydroxylation sites is 1. The normalized spacial score (nSPS) is 10.7. The van der Waals surface area contributed by atoms with Gasteiger partial charge < -0.3 is 10.2 Å². The molecule has 0 fully saturated rings. The lowest BCUT2D eigenvalue weighted by Crippen LogP contribution is -2.16. The first-order chi connectivity index (χ1) is 10.2. The lowest BCUT2D eigenvalue weighted by Gasteiger charge is -2.20. The Labute approximate surface area is 125 Å². The second kappa shape index (κ2) is 7.18. The van der Waals surface area contributed by atoms with E-state index >= 15 is 0 Å². The highest BCUT2D eigenvalue weighted by molar-refractivity contribution is 5.60. The highest BCUT2D eigenvalue weighted by Gasteiger charge is 2.11. The van der Waals surface area contributed by atoms with Crippen LogP contribution in [-0.2, 0) is 13.0 Å². The lowest BCUT2D eigenvalue weighted by atomic mass is 10.1. The number of pyridine rings is 1. The van der Waals surface area contributed by atoms with E-state index in [9.17, 15) is 4.39 Å². The van der Waals surface area contributed by atoms with Crippen LogP contribution in [0.4, 0.5) is 15.9 Å². The van der Waals surface area contributed by atoms with Crippen molar-refractivity contribution < 1.29 is 4.39 Å². The van der Waals surface area contributed by atoms with Gasteiger partial charge in [0.25, 0.3) is 0 Å². The van der Waals surface area contributed by atoms with Gasteiger partial charge in [0, 0.05) is 19.3 Å². The maximum atomic E-state index is 13.9. The molecule has 0 bridgehead atoms. The van der Waals surface area contributed by atoms with Crippen molar-refractivity contribution in [3.05, 3.63) is 53.5 Å². The Bertz CT molecular complexity index is 598. The van der Waals surface area contributed by atoms with Crippen molar-refractivity contribution in [1.82, 2.24) is 10.3 Å². The molecule has 0 amide bonds. The molecule has 0 radical (unpaired) electrons. The molecule has 0 atom stereocenters. The van der Waals surface area contributed by atoms with Crippen molar-refractivity contribution in [3.63, 3.8) is 0 Å². The monoisotopic (exact) mass is 287 g/mol. The maximum absolute atomic E-state index is 13.9. The van der Waals surface area contributed by atoms with Crippen molar-refractivity contribution in [1.29, 1.82) is 0 Å². The predicted molar refractivity (Wildman–Crippen MR) is 85.5 cm³/mol. The molecule has 1 N–H and O–H groups in total. The van der Waals surface area contributed by atoms with Gasteiger partial charge in [-0.15, -0.1) is 0 Å². The molecule has 0 spiro atoms. The van der Waals surface area contributed by atoms with E-state index in [0.717, 1.165) is 31.0 Å². The number of hydrogen-bond donors (Lipinski definition) is 1. The Morgan fingerprint density at radius 1 is 1.19 bits per heavy atom. The minimum Gasteiger partial charge on any atom is -0.327 e. The minimum absolute atomic E-state index is 0.239. The van der Waals surface area contributed by atoms with Crippen LogP contribution >= 0.6 is 0 Å². The van der Waals surface area contributed by atoms with E-state index in [4.69, 9.17) is 0 Å². The van der Waals surface area contributed by atoms with E-state index in [2.05, 4.69) is 30.2 Å². The third-order valence-electron chi connectivity index (χ3n) is 3.42. The molecule has 0 aliphatic carbocycles. The fourth-order valence-electron chi connectivity index (χ4n) is 2.20. The molecule has 2 rings (SSSR count). The molecule has 0 saturated carbocycles. The summed E-state index contributed by atoms with van der Waals surface area (Å²) < 4.78 is 13.9. The van der Waals surface area contributed by atoms with Crippen LogP contribution in [0.25, 0.3) is 0 Å². The van der Waals surface area contributed by atoms with E-state index in [-0.39, 0.29) is 5.82 Å². The summed E-state index contributed by atoms with van der Waals surface area (Å²) in [5, 5.41) is 3.31. The summed E-state index contributed by atoms with van der Waals surface area (Å²) >= 11 is 0. The quantitative estimate of drug-likeness (QED) is 0.879. The summed E-state index contributed by atoms with van der Waals surface area (Å²) in [5.74, 6) is 0.532. The van der Waals surface area contributed by atoms with Crippen LogP contribution in [-0.4, -0.2) is 18.6 Å². The average Bonchev–Trinajstić information content (AvgIpc) is 2.52. The molecule has 112 valence electrons. The van der Waals surface area contributed by atoms with Gasteiger partial charge in [-0.05, 0) is 42.8 Å². The molecule has 0 unspecified atom stereocenters. The van der Waals surface area contributed by atoms with E-state index < -0.39 is 0 Å². The smallest absolute Gasteiger partial charge is 0.146 e. The zero-order valence-corrected chi connectivity index (χ0v) is 12.9. The molecule has 0 aliphatic rings. The molecule has 1 heterocycles. The molecule has 2 aromatic rings. The van der Waals surface area contributed by atoms with Gasteiger partial charge in [0.1, 0.15) is 11.6 Å². The first-order valence-electron chi connectivity index (χ1n) is 7.34. The van der Waals surface area contributed by atoms with E-state index in [1.54, 1.807) is 17.0 Å². The van der Waals surface area contributed by atoms with Gasteiger partial charge in [0.2, 0.25) is 0 Å². The zero-order chi connectivity index (χ0) is 15.2. The summed E-state index contributed by atoms with van der Waals surface area (Å²) in [7, 11) is 1.84. The van der Waals surface area contributed by atoms with Crippen LogP contribution in [0, 0.1) is 5.82 Å². The van der Waals surface area contributed by atoms with E-state index in [1.165, 1.54) is 11.6 Å². The largest absolute Gasteiger partial charge is 0.327 e. The molecule has 1 aromatic heterocycles. The standard InChI is InChI=1S/C17H22FN3/c1-4-14-10-13(12-19-5-2)11-17(20-14)21(3)16-9-7-6-8-15(16)18/h6-11,19H,4-5,12H2,1-3H3. The number of anilines is 2. The number of halogens is 1. The zero-order valence-electron chi connectivity index (χ0n) is 12.9. The van der Waals surface area contributed by atoms with Gasteiger partial charge in [-0.25, -0.2) is 9.37 Å². The number of nitrogens with one attached hydrogen (secondary N) is 1. The molecular weight excluding hydrogens is 265 g/mol. The molecule has 21 heavy (non-hydrogen) atoms. The van der Waals surface area contributed by atoms with Crippen LogP contribution in [0.15, 0.2) is 36.4 Å². The Kier molecular flexibility index (Phi) is 5.28. The number of aromatic nitrogens is 1. The van der Waals surface area contributed by atoms with Gasteiger partial charge in [-0.1, -0.05) is 26.0 Å². The van der Waals surface area contributed by atoms with Crippen LogP contribution in [0.3, 0.4) is 0 Å². The molecule has 0 saturated heterocycles. The van der Waals surface area contributed by atoms with Crippen LogP contribution < -0.4 is 10.2 Å². The minimum atomic E-state index is -0.239. The third-order valence-corrected chi connectivity index (χ3v) is 3.42. The van der Waals surface area contributed by atoms with Crippen molar-refractivity contribution in [2.45, 2.75) is 26.8 Å². The first-order valence-corrected chi connectivity index (χ1v) is 7.34. The van der Waals surface area contributed by atoms with E-state index in [0.29, 0.717) is 5.69 Å². The Hall–Kier alpha value is -1.94. The van der Waals surface area contributed by atoms with Gasteiger partial charge in [0.05, 0.1) is 5.69 Å². The highest BCUT2D eigenvalue weighted by atomic mass is 19.1. The highest BCUT2D eigenvalue weighted by Crippen LogP contribution is 2.25. The Morgan fingerprint density at radius 3 is 2.62 bits per heavy atom. The summed E-state index contributed by atoms with van der Waals surface area (Å²) in [6.07, 6.45) is 0.859. The SMILES string of the molecule is CCNCc1cc(CC)nc(N(C)c2ccccc2F)c1. The van der Waals surface area contributed by atoms with Crippen LogP contribution in [0.5, 0.6) is 0 Å². The fraction of sp³-hybridized carbons (Fsp3) is 0.353. The Morgan fingerprint density at radius 2 is 1.95 bits per heavy atom. The fourth-order valence-corrected chi connectivity index (χ4v) is 2.20. The molecule has 3 nitrogen and oxygen atoms in total. The van der Waals surface area contributed by atoms with Crippen molar-refractivity contribution in [3.8, 4) is 0 Å². The van der Waals surface area contributed by atoms with Crippen molar-refractivity contribution >= 4 is 11.5 Å². The molecule has 0 aliphatic heterocycles. The van der Waals surface area contributed by atoms with Crippen molar-refractivity contribution in [2.75, 3.05) is 18.5 Å². The lowest BCUT2D eigenvalue weighted by molar-refractivity contribution is 0.627. The number of benzene rings is 1. The first kappa shape index (κ1) is 15.4. The maximum Gasteiger partial charge on any atom is 0.146 e. The van der Waals surface area contributed by atoms with Crippen LogP contribution in [0.1, 0.15) is 25.1 Å². The second-order valence-corrected chi connectivity index (χ2v) is 4.97. The third kappa shape index (κ3) is 3.79. The number of aryl methyl sites for hydroxylation is 1. The van der Waals surface area contributed by atoms with Gasteiger partial charge in [-0.3, -0.25) is 0 Å². The summed E-state index contributed by atoms with van der Waals surface area (Å²) in [5.41, 5.74) is 2.72. The number of nitrogens with zero attached hydrogens (tertiary/aromatic N) is 2. The summed E-state index contributed by atoms with van der Waals surface area (Å²) in [6, 6.07) is 10.9. The number of hydrogen-bond acceptors (Lipinski definition) is 3. The summed E-state index contributed by atoms with van der Waals surface area (Å²) in [6.45, 7) is 5.87. The summed E-state index contributed by atoms with van der Waals surface area (Å²) in [4.78, 5) is 6.40. The van der Waals surface area contributed by atoms with Crippen LogP contribution in [0.2, 0.25) is 0 Å². The van der Waals surface area contributed by atoms with Gasteiger partial charge >= 0.3 is 0 Å². The van der Waals surface area contributed by atoms with Gasteiger partial charge in [0.15, 0.2) is 0 Å². The molecule has 4 heteroatoms. The average molecular weight is 287 g/mol. The van der Waals surface area contributed by atoms with Crippen molar-refractivity contribution in [2.24, 2.45) is 0 Å². The van der Waals surface area contributed by atoms with E-state index in [1.807, 2.05) is 19.2 Å². The van der Waals surface area contributed by atoms with Gasteiger partial charge in [-0.2, -0.15) is 0 Å². The molecule has 1 aromatic carbocycles. The predicted octanol–water partition coefficient (Wildman–Crippen LogP) is 3.66. The number of rotatable bonds is 6. The molecular formula is C17H22FN3. The second-order valence-electron chi connectivity index (χ2n) is 4.97. The topological polar surface area (TPSA) is 28.2 Å². The Balaban J connectivity index is 2.35.